The van der Waals surface area contributed by atoms with Crippen molar-refractivity contribution < 1.29 is 37.9 Å². The summed E-state index contributed by atoms with van der Waals surface area (Å²) in [4.78, 5) is 0. The molecule has 0 radical (unpaired) electrons. The molecule has 1 aliphatic heterocycles. The van der Waals surface area contributed by atoms with Gasteiger partial charge < -0.3 is 37.9 Å². The Hall–Kier alpha value is -0.320. The highest BCUT2D eigenvalue weighted by molar-refractivity contribution is 4.81. The summed E-state index contributed by atoms with van der Waals surface area (Å²) >= 11 is 0. The molecule has 0 aliphatic carbocycles. The van der Waals surface area contributed by atoms with E-state index in [0.29, 0.717) is 66.1 Å². The summed E-state index contributed by atoms with van der Waals surface area (Å²) in [5.41, 5.74) is 0. The molecule has 25 heavy (non-hydrogen) atoms. The Morgan fingerprint density at radius 3 is 1.36 bits per heavy atom. The minimum atomic E-state index is -0.633. The molecule has 0 aromatic heterocycles. The van der Waals surface area contributed by atoms with Gasteiger partial charge in [-0.1, -0.05) is 0 Å². The predicted octanol–water partition coefficient (Wildman–Crippen LogP) is 0.866. The number of ether oxygens (including phenoxy) is 8. The van der Waals surface area contributed by atoms with Crippen LogP contribution in [-0.2, 0) is 37.9 Å². The summed E-state index contributed by atoms with van der Waals surface area (Å²) in [5, 5.41) is 0. The van der Waals surface area contributed by atoms with Crippen LogP contribution in [0.3, 0.4) is 0 Å². The maximum absolute atomic E-state index is 5.88. The molecular weight excluding hydrogens is 332 g/mol. The first-order valence-corrected chi connectivity index (χ1v) is 8.73. The first-order valence-electron chi connectivity index (χ1n) is 8.73. The molecule has 0 unspecified atom stereocenters. The van der Waals surface area contributed by atoms with Crippen molar-refractivity contribution in [2.45, 2.75) is 31.8 Å². The Kier molecular flexibility index (Phi) is 12.6. The predicted molar refractivity (Wildman–Crippen MR) is 90.9 cm³/mol. The summed E-state index contributed by atoms with van der Waals surface area (Å²) in [7, 11) is 3.29. The number of hydrogen-bond acceptors (Lipinski definition) is 8. The van der Waals surface area contributed by atoms with E-state index in [1.165, 1.54) is 0 Å². The number of hydrogen-bond donors (Lipinski definition) is 0. The highest BCUT2D eigenvalue weighted by atomic mass is 16.8. The highest BCUT2D eigenvalue weighted by Crippen LogP contribution is 2.28. The summed E-state index contributed by atoms with van der Waals surface area (Å²) in [6.45, 7) is 9.03. The topological polar surface area (TPSA) is 73.8 Å². The van der Waals surface area contributed by atoms with Gasteiger partial charge in [-0.2, -0.15) is 0 Å². The standard InChI is InChI=1S/C17H34O8/c1-17(2)24-15(13-22-11-9-20-7-5-18-3)16(25-17)14-23-12-10-21-8-6-19-4/h15-16H,5-14H2,1-4H3/t15-,16-/m1/s1. The Balaban J connectivity index is 2.13. The lowest BCUT2D eigenvalue weighted by Crippen LogP contribution is -2.32. The summed E-state index contributed by atoms with van der Waals surface area (Å²) in [6.07, 6.45) is -0.327. The van der Waals surface area contributed by atoms with Gasteiger partial charge in [0, 0.05) is 14.2 Å². The Morgan fingerprint density at radius 2 is 0.960 bits per heavy atom. The maximum Gasteiger partial charge on any atom is 0.163 e. The van der Waals surface area contributed by atoms with Crippen LogP contribution in [-0.4, -0.2) is 98.3 Å². The normalized spacial score (nSPS) is 22.6. The van der Waals surface area contributed by atoms with Crippen LogP contribution in [0.5, 0.6) is 0 Å². The van der Waals surface area contributed by atoms with Crippen LogP contribution in [0, 0.1) is 0 Å². The van der Waals surface area contributed by atoms with Crippen LogP contribution in [0.1, 0.15) is 13.8 Å². The number of methoxy groups -OCH3 is 2. The fraction of sp³-hybridized carbons (Fsp3) is 1.00. The van der Waals surface area contributed by atoms with Crippen molar-refractivity contribution in [1.82, 2.24) is 0 Å². The van der Waals surface area contributed by atoms with Gasteiger partial charge in [-0.05, 0) is 13.8 Å². The quantitative estimate of drug-likeness (QED) is 0.373. The van der Waals surface area contributed by atoms with Crippen LogP contribution in [0.2, 0.25) is 0 Å². The largest absolute Gasteiger partial charge is 0.382 e. The average molecular weight is 366 g/mol. The van der Waals surface area contributed by atoms with Gasteiger partial charge in [0.2, 0.25) is 0 Å². The second-order valence-electron chi connectivity index (χ2n) is 6.07. The van der Waals surface area contributed by atoms with Crippen molar-refractivity contribution in [1.29, 1.82) is 0 Å². The van der Waals surface area contributed by atoms with Crippen LogP contribution in [0.25, 0.3) is 0 Å². The van der Waals surface area contributed by atoms with Gasteiger partial charge in [0.15, 0.2) is 5.79 Å². The van der Waals surface area contributed by atoms with E-state index >= 15 is 0 Å². The molecule has 2 atom stereocenters. The molecule has 1 saturated heterocycles. The van der Waals surface area contributed by atoms with E-state index in [1.807, 2.05) is 13.8 Å². The minimum Gasteiger partial charge on any atom is -0.382 e. The molecule has 1 aliphatic rings. The van der Waals surface area contributed by atoms with Crippen LogP contribution < -0.4 is 0 Å². The lowest BCUT2D eigenvalue weighted by Gasteiger charge is -2.17. The van der Waals surface area contributed by atoms with E-state index in [-0.39, 0.29) is 12.2 Å². The molecule has 150 valence electrons. The van der Waals surface area contributed by atoms with Gasteiger partial charge in [0.25, 0.3) is 0 Å². The molecule has 0 aromatic carbocycles. The first-order chi connectivity index (χ1) is 12.1. The van der Waals surface area contributed by atoms with E-state index in [0.717, 1.165) is 0 Å². The van der Waals surface area contributed by atoms with Crippen molar-refractivity contribution in [3.8, 4) is 0 Å². The SMILES string of the molecule is COCCOCCOC[C@H]1OC(C)(C)O[C@@H]1COCCOCCOC. The zero-order valence-electron chi connectivity index (χ0n) is 16.0. The minimum absolute atomic E-state index is 0.164. The molecular formula is C17H34O8. The molecule has 1 fully saturated rings. The van der Waals surface area contributed by atoms with Crippen LogP contribution in [0.4, 0.5) is 0 Å². The first kappa shape index (κ1) is 22.7. The molecule has 0 N–H and O–H groups in total. The molecule has 0 bridgehead atoms. The van der Waals surface area contributed by atoms with Gasteiger partial charge in [-0.25, -0.2) is 0 Å². The lowest BCUT2D eigenvalue weighted by atomic mass is 10.2. The summed E-state index contributed by atoms with van der Waals surface area (Å²) < 4.78 is 43.6. The third-order valence-corrected chi connectivity index (χ3v) is 3.46. The van der Waals surface area contributed by atoms with Gasteiger partial charge in [-0.3, -0.25) is 0 Å². The highest BCUT2D eigenvalue weighted by Gasteiger charge is 2.41. The Morgan fingerprint density at radius 1 is 0.600 bits per heavy atom. The van der Waals surface area contributed by atoms with Gasteiger partial charge in [0.1, 0.15) is 12.2 Å². The molecule has 0 spiro atoms. The van der Waals surface area contributed by atoms with Crippen LogP contribution >= 0.6 is 0 Å². The van der Waals surface area contributed by atoms with E-state index in [2.05, 4.69) is 0 Å². The average Bonchev–Trinajstić information content (AvgIpc) is 2.87. The molecule has 8 heteroatoms. The second-order valence-corrected chi connectivity index (χ2v) is 6.07. The summed E-state index contributed by atoms with van der Waals surface area (Å²) in [6, 6.07) is 0. The Bertz CT molecular complexity index is 285. The van der Waals surface area contributed by atoms with Gasteiger partial charge in [0.05, 0.1) is 66.1 Å². The van der Waals surface area contributed by atoms with E-state index in [1.54, 1.807) is 14.2 Å². The van der Waals surface area contributed by atoms with Gasteiger partial charge in [-0.15, -0.1) is 0 Å². The van der Waals surface area contributed by atoms with E-state index in [4.69, 9.17) is 37.9 Å². The maximum atomic E-state index is 5.88. The molecule has 8 nitrogen and oxygen atoms in total. The van der Waals surface area contributed by atoms with Crippen molar-refractivity contribution >= 4 is 0 Å². The van der Waals surface area contributed by atoms with Crippen LogP contribution in [0.15, 0.2) is 0 Å². The number of rotatable bonds is 16. The zero-order chi connectivity index (χ0) is 18.4. The summed E-state index contributed by atoms with van der Waals surface area (Å²) in [5.74, 6) is -0.633. The van der Waals surface area contributed by atoms with E-state index in [9.17, 15) is 0 Å². The van der Waals surface area contributed by atoms with Crippen molar-refractivity contribution in [3.05, 3.63) is 0 Å². The molecule has 0 saturated carbocycles. The monoisotopic (exact) mass is 366 g/mol. The molecule has 0 aromatic rings. The lowest BCUT2D eigenvalue weighted by molar-refractivity contribution is -0.155. The van der Waals surface area contributed by atoms with Crippen molar-refractivity contribution in [2.75, 3.05) is 80.3 Å². The van der Waals surface area contributed by atoms with Gasteiger partial charge >= 0.3 is 0 Å². The third-order valence-electron chi connectivity index (χ3n) is 3.46. The molecule has 0 amide bonds. The fourth-order valence-corrected chi connectivity index (χ4v) is 2.31. The van der Waals surface area contributed by atoms with Crippen molar-refractivity contribution in [3.63, 3.8) is 0 Å². The molecule has 1 rings (SSSR count). The van der Waals surface area contributed by atoms with Crippen molar-refractivity contribution in [2.24, 2.45) is 0 Å². The third kappa shape index (κ3) is 11.1. The fourth-order valence-electron chi connectivity index (χ4n) is 2.31. The molecule has 1 heterocycles. The van der Waals surface area contributed by atoms with E-state index < -0.39 is 5.79 Å². The zero-order valence-corrected chi connectivity index (χ0v) is 16.0. The second kappa shape index (κ2) is 13.8. The Labute approximate surface area is 150 Å². The smallest absolute Gasteiger partial charge is 0.163 e.